The number of halogens is 1. The molecule has 0 unspecified atom stereocenters. The lowest BCUT2D eigenvalue weighted by atomic mass is 9.72. The third-order valence-corrected chi connectivity index (χ3v) is 7.13. The molecule has 1 aliphatic rings. The van der Waals surface area contributed by atoms with Gasteiger partial charge in [-0.25, -0.2) is 14.2 Å². The monoisotopic (exact) mass is 480 g/mol. The molecule has 4 aromatic rings. The average molecular weight is 481 g/mol. The Balaban J connectivity index is 1.84. The van der Waals surface area contributed by atoms with Gasteiger partial charge in [0, 0.05) is 17.2 Å². The molecule has 0 aliphatic heterocycles. The second kappa shape index (κ2) is 9.65. The van der Waals surface area contributed by atoms with Gasteiger partial charge in [0.1, 0.15) is 11.6 Å². The number of hydrogen-bond donors (Lipinski definition) is 0. The average Bonchev–Trinajstić information content (AvgIpc) is 3.31. The molecule has 0 spiro atoms. The topological polar surface area (TPSA) is 63.0 Å². The van der Waals surface area contributed by atoms with Crippen molar-refractivity contribution in [2.24, 2.45) is 5.92 Å². The van der Waals surface area contributed by atoms with Crippen molar-refractivity contribution in [1.82, 2.24) is 4.98 Å². The summed E-state index contributed by atoms with van der Waals surface area (Å²) in [6, 6.07) is 19.9. The molecule has 6 heteroatoms. The van der Waals surface area contributed by atoms with E-state index in [0.29, 0.717) is 16.9 Å². The molecule has 0 bridgehead atoms. The highest BCUT2D eigenvalue weighted by molar-refractivity contribution is 7.16. The van der Waals surface area contributed by atoms with Crippen LogP contribution in [-0.2, 0) is 4.79 Å². The Bertz CT molecular complexity index is 1530. The lowest BCUT2D eigenvalue weighted by Gasteiger charge is -2.32. The minimum atomic E-state index is -0.568. The molecule has 172 valence electrons. The zero-order valence-corrected chi connectivity index (χ0v) is 19.6. The van der Waals surface area contributed by atoms with E-state index >= 15 is 4.39 Å². The Morgan fingerprint density at radius 2 is 1.97 bits per heavy atom. The fourth-order valence-electron chi connectivity index (χ4n) is 4.44. The van der Waals surface area contributed by atoms with Crippen molar-refractivity contribution in [2.75, 3.05) is 0 Å². The second-order valence-corrected chi connectivity index (χ2v) is 9.27. The zero-order chi connectivity index (χ0) is 24.4. The highest BCUT2D eigenvalue weighted by Crippen LogP contribution is 2.47. The number of carbonyl (C=O) groups is 1. The molecule has 3 aromatic carbocycles. The van der Waals surface area contributed by atoms with Crippen molar-refractivity contribution >= 4 is 38.7 Å². The normalized spacial score (nSPS) is 14.1. The van der Waals surface area contributed by atoms with E-state index in [1.807, 2.05) is 36.4 Å². The molecular weight excluding hydrogens is 459 g/mol. The van der Waals surface area contributed by atoms with Crippen LogP contribution in [0.3, 0.4) is 0 Å². The number of rotatable bonds is 6. The van der Waals surface area contributed by atoms with Crippen LogP contribution in [0.1, 0.15) is 41.5 Å². The summed E-state index contributed by atoms with van der Waals surface area (Å²) in [5, 5.41) is 9.26. The maximum Gasteiger partial charge on any atom is 0.335 e. The fourth-order valence-corrected chi connectivity index (χ4v) is 5.10. The zero-order valence-electron chi connectivity index (χ0n) is 18.8. The highest BCUT2D eigenvalue weighted by Gasteiger charge is 2.30. The first-order chi connectivity index (χ1) is 17.1. The van der Waals surface area contributed by atoms with Gasteiger partial charge >= 0.3 is 5.97 Å². The Kier molecular flexibility index (Phi) is 6.26. The summed E-state index contributed by atoms with van der Waals surface area (Å²) in [4.78, 5) is 16.6. The van der Waals surface area contributed by atoms with Crippen molar-refractivity contribution in [2.45, 2.75) is 19.3 Å². The standard InChI is InChI=1S/C29H21FN2O2S/c1-2-27(33)34-25-9-4-3-8-22(25)29(20-11-13-26-24(15-20)32-17-35-26)28(19-6-5-7-19)21-12-10-18(16-31)14-23(21)30/h2-4,8-15,17,19H,1,5-7H2/b29-28+. The predicted molar refractivity (Wildman–Crippen MR) is 136 cm³/mol. The van der Waals surface area contributed by atoms with Gasteiger partial charge in [0.2, 0.25) is 0 Å². The van der Waals surface area contributed by atoms with Gasteiger partial charge in [0.25, 0.3) is 0 Å². The fraction of sp³-hybridized carbons (Fsp3) is 0.138. The maximum atomic E-state index is 15.5. The third kappa shape index (κ3) is 4.39. The first-order valence-electron chi connectivity index (χ1n) is 11.3. The number of nitrogens with zero attached hydrogens (tertiary/aromatic N) is 2. The van der Waals surface area contributed by atoms with Gasteiger partial charge in [0.05, 0.1) is 27.4 Å². The molecule has 0 saturated heterocycles. The summed E-state index contributed by atoms with van der Waals surface area (Å²) in [5.74, 6) is -0.515. The van der Waals surface area contributed by atoms with E-state index in [4.69, 9.17) is 4.74 Å². The van der Waals surface area contributed by atoms with Gasteiger partial charge in [-0.3, -0.25) is 0 Å². The van der Waals surface area contributed by atoms with Gasteiger partial charge in [-0.2, -0.15) is 5.26 Å². The molecule has 5 rings (SSSR count). The molecule has 0 N–H and O–H groups in total. The number of para-hydroxylation sites is 1. The molecule has 0 atom stereocenters. The van der Waals surface area contributed by atoms with Crippen LogP contribution >= 0.6 is 11.3 Å². The van der Waals surface area contributed by atoms with Crippen LogP contribution < -0.4 is 4.74 Å². The Morgan fingerprint density at radius 1 is 1.14 bits per heavy atom. The van der Waals surface area contributed by atoms with E-state index in [2.05, 4.69) is 11.6 Å². The predicted octanol–water partition coefficient (Wildman–Crippen LogP) is 7.16. The number of hydrogen-bond acceptors (Lipinski definition) is 5. The third-order valence-electron chi connectivity index (χ3n) is 6.32. The molecule has 1 saturated carbocycles. The summed E-state index contributed by atoms with van der Waals surface area (Å²) < 4.78 is 22.1. The van der Waals surface area contributed by atoms with Crippen LogP contribution in [-0.4, -0.2) is 11.0 Å². The number of esters is 1. The van der Waals surface area contributed by atoms with E-state index in [-0.39, 0.29) is 11.5 Å². The number of fused-ring (bicyclic) bond motifs is 1. The number of ether oxygens (including phenoxy) is 1. The van der Waals surface area contributed by atoms with E-state index in [9.17, 15) is 10.1 Å². The van der Waals surface area contributed by atoms with Crippen molar-refractivity contribution in [3.63, 3.8) is 0 Å². The van der Waals surface area contributed by atoms with Crippen LogP contribution in [0.5, 0.6) is 5.75 Å². The first kappa shape index (κ1) is 22.7. The Hall–Kier alpha value is -4.08. The van der Waals surface area contributed by atoms with Crippen molar-refractivity contribution in [3.05, 3.63) is 107 Å². The van der Waals surface area contributed by atoms with Crippen LogP contribution in [0.4, 0.5) is 4.39 Å². The lowest BCUT2D eigenvalue weighted by Crippen LogP contribution is -2.16. The molecule has 1 fully saturated rings. The van der Waals surface area contributed by atoms with E-state index < -0.39 is 11.8 Å². The van der Waals surface area contributed by atoms with E-state index in [1.165, 1.54) is 6.07 Å². The number of allylic oxidation sites excluding steroid dienone is 1. The van der Waals surface area contributed by atoms with Gasteiger partial charge in [-0.05, 0) is 65.8 Å². The summed E-state index contributed by atoms with van der Waals surface area (Å²) >= 11 is 1.55. The molecular formula is C29H21FN2O2S. The number of nitriles is 1. The highest BCUT2D eigenvalue weighted by atomic mass is 32.1. The quantitative estimate of drug-likeness (QED) is 0.127. The molecule has 1 aliphatic carbocycles. The van der Waals surface area contributed by atoms with Crippen LogP contribution in [0.25, 0.3) is 21.4 Å². The van der Waals surface area contributed by atoms with Crippen LogP contribution in [0, 0.1) is 23.1 Å². The Morgan fingerprint density at radius 3 is 2.69 bits per heavy atom. The van der Waals surface area contributed by atoms with Crippen LogP contribution in [0.15, 0.2) is 78.8 Å². The molecule has 0 amide bonds. The Labute approximate surface area is 206 Å². The largest absolute Gasteiger partial charge is 0.423 e. The van der Waals surface area contributed by atoms with Crippen LogP contribution in [0.2, 0.25) is 0 Å². The van der Waals surface area contributed by atoms with E-state index in [0.717, 1.165) is 52.3 Å². The molecule has 0 radical (unpaired) electrons. The SMILES string of the molecule is C=CC(=O)Oc1ccccc1/C(=C(/c1ccc(C#N)cc1F)C1CCC1)c1ccc2scnc2c1. The number of benzene rings is 3. The van der Waals surface area contributed by atoms with Gasteiger partial charge in [-0.1, -0.05) is 43.3 Å². The van der Waals surface area contributed by atoms with E-state index in [1.54, 1.807) is 41.1 Å². The van der Waals surface area contributed by atoms with Gasteiger partial charge in [0.15, 0.2) is 0 Å². The molecule has 1 aromatic heterocycles. The summed E-state index contributed by atoms with van der Waals surface area (Å²) in [5.41, 5.74) is 6.54. The summed E-state index contributed by atoms with van der Waals surface area (Å²) in [6.07, 6.45) is 4.02. The second-order valence-electron chi connectivity index (χ2n) is 8.38. The first-order valence-corrected chi connectivity index (χ1v) is 12.2. The smallest absolute Gasteiger partial charge is 0.335 e. The lowest BCUT2D eigenvalue weighted by molar-refractivity contribution is -0.128. The molecule has 4 nitrogen and oxygen atoms in total. The van der Waals surface area contributed by atoms with Crippen molar-refractivity contribution in [1.29, 1.82) is 5.26 Å². The number of thiazole rings is 1. The number of aromatic nitrogens is 1. The summed E-state index contributed by atoms with van der Waals surface area (Å²) in [6.45, 7) is 3.51. The minimum Gasteiger partial charge on any atom is -0.423 e. The van der Waals surface area contributed by atoms with Crippen molar-refractivity contribution < 1.29 is 13.9 Å². The molecule has 1 heterocycles. The number of carbonyl (C=O) groups excluding carboxylic acids is 1. The maximum absolute atomic E-state index is 15.5. The molecule has 35 heavy (non-hydrogen) atoms. The van der Waals surface area contributed by atoms with Gasteiger partial charge in [-0.15, -0.1) is 11.3 Å². The summed E-state index contributed by atoms with van der Waals surface area (Å²) in [7, 11) is 0. The van der Waals surface area contributed by atoms with Gasteiger partial charge < -0.3 is 4.74 Å². The minimum absolute atomic E-state index is 0.127. The van der Waals surface area contributed by atoms with Crippen molar-refractivity contribution in [3.8, 4) is 11.8 Å².